The third kappa shape index (κ3) is 7.53. The molecule has 2 heterocycles. The SMILES string of the molecule is CC.CCOc1cc(C(C)C)cs1.COc1cscc1C. The fourth-order valence-corrected chi connectivity index (χ4v) is 3.19. The summed E-state index contributed by atoms with van der Waals surface area (Å²) < 4.78 is 10.4. The molecule has 21 heavy (non-hydrogen) atoms. The van der Waals surface area contributed by atoms with Crippen molar-refractivity contribution in [1.29, 1.82) is 0 Å². The van der Waals surface area contributed by atoms with Crippen LogP contribution in [0.5, 0.6) is 10.8 Å². The van der Waals surface area contributed by atoms with E-state index in [1.165, 1.54) is 11.1 Å². The molecule has 0 fully saturated rings. The van der Waals surface area contributed by atoms with Crippen molar-refractivity contribution in [2.45, 2.75) is 47.5 Å². The second kappa shape index (κ2) is 11.6. The summed E-state index contributed by atoms with van der Waals surface area (Å²) in [5, 5.41) is 7.26. The van der Waals surface area contributed by atoms with Crippen molar-refractivity contribution >= 4 is 22.7 Å². The van der Waals surface area contributed by atoms with Crippen molar-refractivity contribution in [3.05, 3.63) is 33.3 Å². The quantitative estimate of drug-likeness (QED) is 0.650. The Morgan fingerprint density at radius 2 is 1.81 bits per heavy atom. The predicted molar refractivity (Wildman–Crippen MR) is 96.5 cm³/mol. The number of hydrogen-bond acceptors (Lipinski definition) is 4. The molecule has 0 saturated heterocycles. The Kier molecular flexibility index (Phi) is 11.1. The van der Waals surface area contributed by atoms with E-state index in [-0.39, 0.29) is 0 Å². The lowest BCUT2D eigenvalue weighted by Gasteiger charge is -1.98. The van der Waals surface area contributed by atoms with Crippen LogP contribution < -0.4 is 9.47 Å². The lowest BCUT2D eigenvalue weighted by molar-refractivity contribution is 0.350. The summed E-state index contributed by atoms with van der Waals surface area (Å²) in [6.45, 7) is 13.2. The minimum Gasteiger partial charge on any atom is -0.496 e. The van der Waals surface area contributed by atoms with Gasteiger partial charge in [-0.2, -0.15) is 0 Å². The predicted octanol–water partition coefficient (Wildman–Crippen LogP) is 6.36. The second-order valence-corrected chi connectivity index (χ2v) is 6.03. The highest BCUT2D eigenvalue weighted by atomic mass is 32.1. The van der Waals surface area contributed by atoms with Crippen LogP contribution in [0.2, 0.25) is 0 Å². The number of ether oxygens (including phenoxy) is 2. The summed E-state index contributed by atoms with van der Waals surface area (Å²) in [5.74, 6) is 1.61. The van der Waals surface area contributed by atoms with E-state index in [0.717, 1.165) is 17.4 Å². The summed E-state index contributed by atoms with van der Waals surface area (Å²) in [5.41, 5.74) is 2.59. The number of rotatable bonds is 4. The summed E-state index contributed by atoms with van der Waals surface area (Å²) >= 11 is 3.35. The van der Waals surface area contributed by atoms with E-state index in [2.05, 4.69) is 30.7 Å². The van der Waals surface area contributed by atoms with Crippen LogP contribution in [0.25, 0.3) is 0 Å². The van der Waals surface area contributed by atoms with Crippen molar-refractivity contribution in [2.24, 2.45) is 0 Å². The zero-order valence-electron chi connectivity index (χ0n) is 14.2. The standard InChI is InChI=1S/C9H14OS.C6H8OS.C2H6/c1-4-10-9-5-8(6-11-9)7(2)3;1-5-3-8-4-6(5)7-2;1-2/h5-7H,4H2,1-3H3;3-4H,1-2H3;1-2H3. The van der Waals surface area contributed by atoms with Crippen molar-refractivity contribution in [3.8, 4) is 10.8 Å². The van der Waals surface area contributed by atoms with Gasteiger partial charge in [0.05, 0.1) is 13.7 Å². The monoisotopic (exact) mass is 328 g/mol. The zero-order chi connectivity index (χ0) is 16.3. The molecule has 0 bridgehead atoms. The molecule has 0 aromatic carbocycles. The molecule has 0 N–H and O–H groups in total. The van der Waals surface area contributed by atoms with Gasteiger partial charge >= 0.3 is 0 Å². The van der Waals surface area contributed by atoms with E-state index < -0.39 is 0 Å². The molecular formula is C17H28O2S2. The lowest BCUT2D eigenvalue weighted by atomic mass is 10.1. The minimum absolute atomic E-state index is 0.612. The van der Waals surface area contributed by atoms with Crippen LogP contribution in [0.4, 0.5) is 0 Å². The molecule has 0 aliphatic rings. The smallest absolute Gasteiger partial charge is 0.173 e. The van der Waals surface area contributed by atoms with Gasteiger partial charge in [-0.3, -0.25) is 0 Å². The fraction of sp³-hybridized carbons (Fsp3) is 0.529. The lowest BCUT2D eigenvalue weighted by Crippen LogP contribution is -1.87. The molecule has 0 aliphatic heterocycles. The van der Waals surface area contributed by atoms with Gasteiger partial charge in [0.1, 0.15) is 5.75 Å². The Morgan fingerprint density at radius 3 is 2.14 bits per heavy atom. The van der Waals surface area contributed by atoms with E-state index in [1.54, 1.807) is 29.8 Å². The third-order valence-electron chi connectivity index (χ3n) is 2.58. The average molecular weight is 329 g/mol. The van der Waals surface area contributed by atoms with Gasteiger partial charge in [0.25, 0.3) is 0 Å². The number of aryl methyl sites for hydroxylation is 1. The second-order valence-electron chi connectivity index (χ2n) is 4.41. The molecule has 2 aromatic rings. The van der Waals surface area contributed by atoms with Gasteiger partial charge in [0.2, 0.25) is 0 Å². The number of methoxy groups -OCH3 is 1. The highest BCUT2D eigenvalue weighted by Crippen LogP contribution is 2.27. The Balaban J connectivity index is 0.000000354. The first-order valence-corrected chi connectivity index (χ1v) is 9.18. The van der Waals surface area contributed by atoms with Gasteiger partial charge in [-0.1, -0.05) is 27.7 Å². The molecule has 0 amide bonds. The number of hydrogen-bond donors (Lipinski definition) is 0. The van der Waals surface area contributed by atoms with Gasteiger partial charge < -0.3 is 9.47 Å². The number of thiophene rings is 2. The third-order valence-corrected chi connectivity index (χ3v) is 4.28. The summed E-state index contributed by atoms with van der Waals surface area (Å²) in [7, 11) is 1.69. The van der Waals surface area contributed by atoms with Crippen LogP contribution in [0.1, 0.15) is 51.7 Å². The summed E-state index contributed by atoms with van der Waals surface area (Å²) in [6.07, 6.45) is 0. The van der Waals surface area contributed by atoms with Crippen LogP contribution in [0.15, 0.2) is 22.2 Å². The molecule has 0 unspecified atom stereocenters. The van der Waals surface area contributed by atoms with Crippen LogP contribution in [0.3, 0.4) is 0 Å². The molecular weight excluding hydrogens is 300 g/mol. The Morgan fingerprint density at radius 1 is 1.14 bits per heavy atom. The average Bonchev–Trinajstić information content (AvgIpc) is 3.11. The van der Waals surface area contributed by atoms with E-state index in [0.29, 0.717) is 5.92 Å². The molecule has 0 aliphatic carbocycles. The molecule has 0 spiro atoms. The van der Waals surface area contributed by atoms with Gasteiger partial charge in [0, 0.05) is 10.9 Å². The van der Waals surface area contributed by atoms with Crippen molar-refractivity contribution in [1.82, 2.24) is 0 Å². The Labute approximate surface area is 137 Å². The van der Waals surface area contributed by atoms with E-state index in [4.69, 9.17) is 9.47 Å². The van der Waals surface area contributed by atoms with Gasteiger partial charge in [-0.15, -0.1) is 22.7 Å². The van der Waals surface area contributed by atoms with Gasteiger partial charge in [-0.05, 0) is 42.2 Å². The Bertz CT molecular complexity index is 473. The zero-order valence-corrected chi connectivity index (χ0v) is 15.9. The van der Waals surface area contributed by atoms with Gasteiger partial charge in [-0.25, -0.2) is 0 Å². The normalized spacial score (nSPS) is 9.33. The highest BCUT2D eigenvalue weighted by Gasteiger charge is 2.02. The molecule has 0 radical (unpaired) electrons. The fourth-order valence-electron chi connectivity index (χ4n) is 1.41. The van der Waals surface area contributed by atoms with Crippen molar-refractivity contribution in [2.75, 3.05) is 13.7 Å². The highest BCUT2D eigenvalue weighted by molar-refractivity contribution is 7.12. The van der Waals surface area contributed by atoms with Gasteiger partial charge in [0.15, 0.2) is 5.06 Å². The van der Waals surface area contributed by atoms with Crippen LogP contribution >= 0.6 is 22.7 Å². The van der Waals surface area contributed by atoms with Crippen LogP contribution in [-0.4, -0.2) is 13.7 Å². The molecule has 2 nitrogen and oxygen atoms in total. The first kappa shape index (κ1) is 20.0. The summed E-state index contributed by atoms with van der Waals surface area (Å²) in [6, 6.07) is 2.12. The first-order chi connectivity index (χ1) is 10.1. The molecule has 0 atom stereocenters. The van der Waals surface area contributed by atoms with Crippen molar-refractivity contribution < 1.29 is 9.47 Å². The molecule has 2 rings (SSSR count). The maximum Gasteiger partial charge on any atom is 0.173 e. The van der Waals surface area contributed by atoms with E-state index >= 15 is 0 Å². The largest absolute Gasteiger partial charge is 0.496 e. The first-order valence-electron chi connectivity index (χ1n) is 7.36. The van der Waals surface area contributed by atoms with Crippen LogP contribution in [-0.2, 0) is 0 Å². The van der Waals surface area contributed by atoms with Crippen molar-refractivity contribution in [3.63, 3.8) is 0 Å². The van der Waals surface area contributed by atoms with E-state index in [9.17, 15) is 0 Å². The maximum atomic E-state index is 5.36. The molecule has 4 heteroatoms. The molecule has 120 valence electrons. The maximum absolute atomic E-state index is 5.36. The van der Waals surface area contributed by atoms with Crippen LogP contribution in [0, 0.1) is 6.92 Å². The topological polar surface area (TPSA) is 18.5 Å². The molecule has 2 aromatic heterocycles. The molecule has 0 saturated carbocycles. The van der Waals surface area contributed by atoms with E-state index in [1.807, 2.05) is 33.1 Å². The summed E-state index contributed by atoms with van der Waals surface area (Å²) in [4.78, 5) is 0. The Hall–Kier alpha value is -1.00. The minimum atomic E-state index is 0.612.